The Balaban J connectivity index is 1.23. The van der Waals surface area contributed by atoms with Gasteiger partial charge in [-0.05, 0) is 94.8 Å². The standard InChI is InChI=1S/C44H50N2O6/c1-44(2,3)34-16-21-36(22-17-34)52-37-20-13-32-23-25-46(40(47)27-31-11-7-8-12-31)42(38(32)28-37)43(50)45-39(29-41(48)49)33-14-18-35(19-15-33)51-26-24-30-9-5-4-6-10-30/h4-6,9-10,13-22,28,31,39,42H,7-8,11-12,23-27,29H2,1-3H3,(H,45,50)(H,48,49). The van der Waals surface area contributed by atoms with Crippen LogP contribution in [-0.4, -0.2) is 40.9 Å². The van der Waals surface area contributed by atoms with E-state index in [2.05, 4.69) is 50.4 Å². The van der Waals surface area contributed by atoms with Gasteiger partial charge in [-0.15, -0.1) is 0 Å². The van der Waals surface area contributed by atoms with Crippen LogP contribution in [0.1, 0.15) is 99.2 Å². The van der Waals surface area contributed by atoms with Gasteiger partial charge in [0.2, 0.25) is 11.8 Å². The molecule has 1 fully saturated rings. The summed E-state index contributed by atoms with van der Waals surface area (Å²) in [4.78, 5) is 42.2. The number of fused-ring (bicyclic) bond motifs is 1. The highest BCUT2D eigenvalue weighted by molar-refractivity contribution is 5.90. The molecule has 2 atom stereocenters. The molecule has 8 heteroatoms. The Morgan fingerprint density at radius 2 is 1.54 bits per heavy atom. The van der Waals surface area contributed by atoms with Gasteiger partial charge in [0.1, 0.15) is 23.3 Å². The number of hydrogen-bond acceptors (Lipinski definition) is 5. The van der Waals surface area contributed by atoms with Crippen LogP contribution in [0.4, 0.5) is 0 Å². The number of ether oxygens (including phenoxy) is 2. The summed E-state index contributed by atoms with van der Waals surface area (Å²) in [5.74, 6) is 0.709. The van der Waals surface area contributed by atoms with Crippen molar-refractivity contribution in [3.05, 3.63) is 125 Å². The molecule has 4 aromatic carbocycles. The summed E-state index contributed by atoms with van der Waals surface area (Å²) < 4.78 is 12.2. The molecular weight excluding hydrogens is 652 g/mol. The zero-order chi connectivity index (χ0) is 36.7. The average Bonchev–Trinajstić information content (AvgIpc) is 3.64. The van der Waals surface area contributed by atoms with Crippen LogP contribution in [0.5, 0.6) is 17.2 Å². The number of nitrogens with zero attached hydrogens (tertiary/aromatic N) is 1. The first-order valence-electron chi connectivity index (χ1n) is 18.5. The van der Waals surface area contributed by atoms with E-state index in [0.29, 0.717) is 60.3 Å². The SMILES string of the molecule is CC(C)(C)c1ccc(Oc2ccc3c(c2)C(C(=O)NC(CC(=O)O)c2ccc(OCCc4ccccc4)cc2)N(C(=O)CC2CCCC2)CC3)cc1. The second kappa shape index (κ2) is 16.5. The van der Waals surface area contributed by atoms with Gasteiger partial charge in [0.05, 0.1) is 19.1 Å². The number of carbonyl (C=O) groups is 3. The molecule has 0 radical (unpaired) electrons. The van der Waals surface area contributed by atoms with E-state index in [0.717, 1.165) is 37.7 Å². The number of hydrogen-bond donors (Lipinski definition) is 2. The Morgan fingerprint density at radius 1 is 0.865 bits per heavy atom. The molecule has 1 saturated carbocycles. The van der Waals surface area contributed by atoms with Crippen molar-refractivity contribution < 1.29 is 29.0 Å². The third-order valence-electron chi connectivity index (χ3n) is 10.3. The van der Waals surface area contributed by atoms with Crippen molar-refractivity contribution in [2.45, 2.75) is 89.6 Å². The number of benzene rings is 4. The second-order valence-electron chi connectivity index (χ2n) is 15.1. The smallest absolute Gasteiger partial charge is 0.305 e. The molecule has 0 spiro atoms. The van der Waals surface area contributed by atoms with Crippen LogP contribution in [0, 0.1) is 5.92 Å². The highest BCUT2D eigenvalue weighted by Gasteiger charge is 2.38. The van der Waals surface area contributed by atoms with Crippen LogP contribution >= 0.6 is 0 Å². The van der Waals surface area contributed by atoms with Crippen LogP contribution in [0.25, 0.3) is 0 Å². The molecular formula is C44H50N2O6. The topological polar surface area (TPSA) is 105 Å². The summed E-state index contributed by atoms with van der Waals surface area (Å²) >= 11 is 0. The van der Waals surface area contributed by atoms with E-state index in [9.17, 15) is 19.5 Å². The molecule has 2 amide bonds. The lowest BCUT2D eigenvalue weighted by Gasteiger charge is -2.38. The monoisotopic (exact) mass is 702 g/mol. The van der Waals surface area contributed by atoms with E-state index in [4.69, 9.17) is 9.47 Å². The average molecular weight is 703 g/mol. The Bertz CT molecular complexity index is 1830. The predicted octanol–water partition coefficient (Wildman–Crippen LogP) is 8.74. The van der Waals surface area contributed by atoms with Gasteiger partial charge in [-0.25, -0.2) is 0 Å². The summed E-state index contributed by atoms with van der Waals surface area (Å²) in [6.45, 7) is 7.39. The minimum atomic E-state index is -1.04. The lowest BCUT2D eigenvalue weighted by Crippen LogP contribution is -2.48. The van der Waals surface area contributed by atoms with Crippen LogP contribution in [-0.2, 0) is 32.6 Å². The maximum atomic E-state index is 14.5. The van der Waals surface area contributed by atoms with E-state index in [1.165, 1.54) is 11.1 Å². The first-order valence-corrected chi connectivity index (χ1v) is 18.5. The molecule has 0 bridgehead atoms. The fraction of sp³-hybridized carbons (Fsp3) is 0.386. The van der Waals surface area contributed by atoms with Crippen molar-refractivity contribution >= 4 is 17.8 Å². The van der Waals surface area contributed by atoms with Crippen LogP contribution in [0.2, 0.25) is 0 Å². The maximum Gasteiger partial charge on any atom is 0.305 e. The Labute approximate surface area is 307 Å². The van der Waals surface area contributed by atoms with E-state index < -0.39 is 24.0 Å². The molecule has 2 N–H and O–H groups in total. The van der Waals surface area contributed by atoms with E-state index in [1.807, 2.05) is 48.5 Å². The number of aliphatic carboxylic acids is 1. The van der Waals surface area contributed by atoms with Crippen LogP contribution in [0.15, 0.2) is 97.1 Å². The van der Waals surface area contributed by atoms with Crippen LogP contribution in [0.3, 0.4) is 0 Å². The predicted molar refractivity (Wildman–Crippen MR) is 202 cm³/mol. The first kappa shape index (κ1) is 36.7. The van der Waals surface area contributed by atoms with Gasteiger partial charge in [0, 0.05) is 19.4 Å². The van der Waals surface area contributed by atoms with Gasteiger partial charge in [0.15, 0.2) is 0 Å². The number of carboxylic acid groups (broad SMARTS) is 1. The summed E-state index contributed by atoms with van der Waals surface area (Å²) in [5.41, 5.74) is 4.69. The normalized spacial score (nSPS) is 16.5. The first-order chi connectivity index (χ1) is 25.0. The van der Waals surface area contributed by atoms with Crippen molar-refractivity contribution in [2.24, 2.45) is 5.92 Å². The number of carboxylic acids is 1. The largest absolute Gasteiger partial charge is 0.493 e. The molecule has 1 aliphatic heterocycles. The second-order valence-corrected chi connectivity index (χ2v) is 15.1. The van der Waals surface area contributed by atoms with E-state index in [-0.39, 0.29) is 17.7 Å². The summed E-state index contributed by atoms with van der Waals surface area (Å²) in [7, 11) is 0. The third-order valence-corrected chi connectivity index (χ3v) is 10.3. The minimum Gasteiger partial charge on any atom is -0.493 e. The van der Waals surface area contributed by atoms with Gasteiger partial charge >= 0.3 is 5.97 Å². The minimum absolute atomic E-state index is 0.0102. The van der Waals surface area contributed by atoms with E-state index in [1.54, 1.807) is 29.2 Å². The Morgan fingerprint density at radius 3 is 2.21 bits per heavy atom. The third kappa shape index (κ3) is 9.40. The lowest BCUT2D eigenvalue weighted by molar-refractivity contribution is -0.143. The zero-order valence-electron chi connectivity index (χ0n) is 30.5. The van der Waals surface area contributed by atoms with Crippen LogP contribution < -0.4 is 14.8 Å². The van der Waals surface area contributed by atoms with Crippen molar-refractivity contribution in [3.63, 3.8) is 0 Å². The highest BCUT2D eigenvalue weighted by Crippen LogP contribution is 2.37. The quantitative estimate of drug-likeness (QED) is 0.144. The van der Waals surface area contributed by atoms with Crippen molar-refractivity contribution in [1.82, 2.24) is 10.2 Å². The number of nitrogens with one attached hydrogen (secondary N) is 1. The van der Waals surface area contributed by atoms with Gasteiger partial charge in [-0.2, -0.15) is 0 Å². The molecule has 0 aromatic heterocycles. The summed E-state index contributed by atoms with van der Waals surface area (Å²) in [5, 5.41) is 12.9. The molecule has 4 aromatic rings. The van der Waals surface area contributed by atoms with Crippen molar-refractivity contribution in [3.8, 4) is 17.2 Å². The lowest BCUT2D eigenvalue weighted by atomic mass is 9.87. The molecule has 272 valence electrons. The molecule has 8 nitrogen and oxygen atoms in total. The van der Waals surface area contributed by atoms with Crippen molar-refractivity contribution in [2.75, 3.05) is 13.2 Å². The summed E-state index contributed by atoms with van der Waals surface area (Å²) in [6.07, 6.45) is 5.74. The molecule has 6 rings (SSSR count). The zero-order valence-corrected chi connectivity index (χ0v) is 30.5. The fourth-order valence-corrected chi connectivity index (χ4v) is 7.35. The fourth-order valence-electron chi connectivity index (χ4n) is 7.35. The molecule has 1 aliphatic carbocycles. The summed E-state index contributed by atoms with van der Waals surface area (Å²) in [6, 6.07) is 29.2. The van der Waals surface area contributed by atoms with Gasteiger partial charge in [0.25, 0.3) is 0 Å². The van der Waals surface area contributed by atoms with Gasteiger partial charge in [-0.1, -0.05) is 94.3 Å². The molecule has 0 saturated heterocycles. The maximum absolute atomic E-state index is 14.5. The van der Waals surface area contributed by atoms with Gasteiger partial charge < -0.3 is 24.8 Å². The molecule has 52 heavy (non-hydrogen) atoms. The van der Waals surface area contributed by atoms with E-state index >= 15 is 0 Å². The highest BCUT2D eigenvalue weighted by atomic mass is 16.5. The molecule has 2 unspecified atom stereocenters. The number of carbonyl (C=O) groups excluding carboxylic acids is 2. The Hall–Kier alpha value is -5.11. The molecule has 1 heterocycles. The molecule has 2 aliphatic rings. The van der Waals surface area contributed by atoms with Crippen molar-refractivity contribution in [1.29, 1.82) is 0 Å². The van der Waals surface area contributed by atoms with Gasteiger partial charge in [-0.3, -0.25) is 14.4 Å². The number of amides is 2. The number of rotatable bonds is 13. The Kier molecular flexibility index (Phi) is 11.6.